The number of imide groups is 1. The third-order valence-corrected chi connectivity index (χ3v) is 4.70. The van der Waals surface area contributed by atoms with Gasteiger partial charge in [0.25, 0.3) is 11.1 Å². The molecule has 2 aromatic rings. The Labute approximate surface area is 161 Å². The summed E-state index contributed by atoms with van der Waals surface area (Å²) in [6.45, 7) is 3.71. The smallest absolute Gasteiger partial charge is 0.293 e. The largest absolute Gasteiger partial charge is 0.490 e. The minimum absolute atomic E-state index is 0.269. The third kappa shape index (κ3) is 4.54. The Kier molecular flexibility index (Phi) is 5.88. The van der Waals surface area contributed by atoms with E-state index in [1.54, 1.807) is 60.7 Å². The summed E-state index contributed by atoms with van der Waals surface area (Å²) in [4.78, 5) is 38.3. The van der Waals surface area contributed by atoms with Crippen LogP contribution in [-0.2, 0) is 4.79 Å². The van der Waals surface area contributed by atoms with Gasteiger partial charge in [-0.2, -0.15) is 0 Å². The van der Waals surface area contributed by atoms with Crippen molar-refractivity contribution in [3.63, 3.8) is 0 Å². The van der Waals surface area contributed by atoms with E-state index >= 15 is 0 Å². The fourth-order valence-corrected chi connectivity index (χ4v) is 3.33. The van der Waals surface area contributed by atoms with E-state index in [2.05, 4.69) is 6.58 Å². The van der Waals surface area contributed by atoms with Crippen LogP contribution in [0.3, 0.4) is 0 Å². The van der Waals surface area contributed by atoms with Gasteiger partial charge >= 0.3 is 0 Å². The molecule has 0 atom stereocenters. The number of hydrogen-bond acceptors (Lipinski definition) is 5. The van der Waals surface area contributed by atoms with Gasteiger partial charge in [0, 0.05) is 5.56 Å². The molecule has 5 nitrogen and oxygen atoms in total. The third-order valence-electron chi connectivity index (χ3n) is 3.79. The van der Waals surface area contributed by atoms with Crippen molar-refractivity contribution in [3.05, 3.63) is 83.3 Å². The highest BCUT2D eigenvalue weighted by Gasteiger charge is 2.36. The van der Waals surface area contributed by atoms with E-state index in [0.29, 0.717) is 17.9 Å². The first-order chi connectivity index (χ1) is 13.1. The maximum absolute atomic E-state index is 12.6. The van der Waals surface area contributed by atoms with E-state index in [0.717, 1.165) is 22.2 Å². The van der Waals surface area contributed by atoms with Gasteiger partial charge in [0.15, 0.2) is 5.78 Å². The Hall–Kier alpha value is -3.12. The minimum atomic E-state index is -0.466. The van der Waals surface area contributed by atoms with Crippen LogP contribution in [0.5, 0.6) is 5.75 Å². The van der Waals surface area contributed by atoms with Crippen molar-refractivity contribution in [3.8, 4) is 5.75 Å². The molecule has 136 valence electrons. The normalized spacial score (nSPS) is 15.3. The van der Waals surface area contributed by atoms with Crippen LogP contribution in [0.4, 0.5) is 4.79 Å². The molecule has 2 amide bonds. The molecule has 0 saturated carbocycles. The van der Waals surface area contributed by atoms with Crippen molar-refractivity contribution in [1.29, 1.82) is 0 Å². The summed E-state index contributed by atoms with van der Waals surface area (Å²) >= 11 is 0.827. The molecule has 1 heterocycles. The second-order valence-corrected chi connectivity index (χ2v) is 6.72. The summed E-state index contributed by atoms with van der Waals surface area (Å²) in [5.41, 5.74) is 1.20. The Morgan fingerprint density at radius 1 is 1.11 bits per heavy atom. The van der Waals surface area contributed by atoms with E-state index in [9.17, 15) is 14.4 Å². The molecule has 0 aliphatic carbocycles. The molecule has 3 rings (SSSR count). The molecule has 0 radical (unpaired) electrons. The van der Waals surface area contributed by atoms with Crippen LogP contribution in [0.1, 0.15) is 15.9 Å². The van der Waals surface area contributed by atoms with Crippen LogP contribution in [0, 0.1) is 0 Å². The molecule has 0 N–H and O–H groups in total. The average molecular weight is 379 g/mol. The molecule has 0 spiro atoms. The Morgan fingerprint density at radius 3 is 2.63 bits per heavy atom. The number of nitrogens with zero attached hydrogens (tertiary/aromatic N) is 1. The van der Waals surface area contributed by atoms with Crippen molar-refractivity contribution in [1.82, 2.24) is 4.90 Å². The first kappa shape index (κ1) is 18.7. The SMILES string of the molecule is C=CCOc1cccc(C=C2SC(=O)N(CC(=O)c3ccccc3)C2=O)c1. The van der Waals surface area contributed by atoms with Crippen LogP contribution >= 0.6 is 11.8 Å². The second-order valence-electron chi connectivity index (χ2n) is 5.73. The zero-order valence-electron chi connectivity index (χ0n) is 14.5. The van der Waals surface area contributed by atoms with Gasteiger partial charge in [-0.1, -0.05) is 55.1 Å². The van der Waals surface area contributed by atoms with Gasteiger partial charge < -0.3 is 4.74 Å². The van der Waals surface area contributed by atoms with E-state index < -0.39 is 11.1 Å². The zero-order chi connectivity index (χ0) is 19.2. The molecule has 0 unspecified atom stereocenters. The van der Waals surface area contributed by atoms with E-state index in [1.165, 1.54) is 0 Å². The second kappa shape index (κ2) is 8.51. The van der Waals surface area contributed by atoms with Crippen LogP contribution in [-0.4, -0.2) is 35.0 Å². The fourth-order valence-electron chi connectivity index (χ4n) is 2.50. The Balaban J connectivity index is 1.74. The van der Waals surface area contributed by atoms with Crippen molar-refractivity contribution in [2.75, 3.05) is 13.2 Å². The molecule has 27 heavy (non-hydrogen) atoms. The summed E-state index contributed by atoms with van der Waals surface area (Å²) < 4.78 is 5.47. The van der Waals surface area contributed by atoms with Gasteiger partial charge in [-0.25, -0.2) is 0 Å². The minimum Gasteiger partial charge on any atom is -0.490 e. The van der Waals surface area contributed by atoms with Gasteiger partial charge in [-0.3, -0.25) is 19.3 Å². The number of benzene rings is 2. The number of ether oxygens (including phenoxy) is 1. The first-order valence-corrected chi connectivity index (χ1v) is 9.07. The summed E-state index contributed by atoms with van der Waals surface area (Å²) in [7, 11) is 0. The number of amides is 2. The van der Waals surface area contributed by atoms with Crippen molar-refractivity contribution >= 4 is 34.8 Å². The van der Waals surface area contributed by atoms with Gasteiger partial charge in [0.05, 0.1) is 11.4 Å². The predicted molar refractivity (Wildman–Crippen MR) is 106 cm³/mol. The van der Waals surface area contributed by atoms with Crippen LogP contribution in [0.25, 0.3) is 6.08 Å². The van der Waals surface area contributed by atoms with E-state index in [-0.39, 0.29) is 17.2 Å². The summed E-state index contributed by atoms with van der Waals surface area (Å²) in [6.07, 6.45) is 3.26. The molecule has 0 aromatic heterocycles. The Bertz CT molecular complexity index is 921. The van der Waals surface area contributed by atoms with Crippen molar-refractivity contribution in [2.45, 2.75) is 0 Å². The summed E-state index contributed by atoms with van der Waals surface area (Å²) in [6, 6.07) is 15.8. The molecule has 6 heteroatoms. The zero-order valence-corrected chi connectivity index (χ0v) is 15.3. The van der Waals surface area contributed by atoms with Crippen LogP contribution in [0.15, 0.2) is 72.2 Å². The van der Waals surface area contributed by atoms with E-state index in [4.69, 9.17) is 4.74 Å². The highest BCUT2D eigenvalue weighted by atomic mass is 32.2. The van der Waals surface area contributed by atoms with Crippen LogP contribution in [0.2, 0.25) is 0 Å². The number of hydrogen-bond donors (Lipinski definition) is 0. The van der Waals surface area contributed by atoms with Gasteiger partial charge in [-0.15, -0.1) is 0 Å². The number of carbonyl (C=O) groups excluding carboxylic acids is 3. The maximum Gasteiger partial charge on any atom is 0.293 e. The summed E-state index contributed by atoms with van der Waals surface area (Å²) in [5.74, 6) is -0.104. The molecule has 2 aromatic carbocycles. The van der Waals surface area contributed by atoms with Gasteiger partial charge in [0.1, 0.15) is 12.4 Å². The molecular formula is C21H17NO4S. The lowest BCUT2D eigenvalue weighted by Gasteiger charge is -2.11. The van der Waals surface area contributed by atoms with E-state index in [1.807, 2.05) is 6.07 Å². The predicted octanol–water partition coefficient (Wildman–Crippen LogP) is 4.17. The number of ketones is 1. The monoisotopic (exact) mass is 379 g/mol. The van der Waals surface area contributed by atoms with Crippen molar-refractivity contribution < 1.29 is 19.1 Å². The molecule has 1 saturated heterocycles. The van der Waals surface area contributed by atoms with Gasteiger partial charge in [0.2, 0.25) is 0 Å². The first-order valence-electron chi connectivity index (χ1n) is 8.26. The van der Waals surface area contributed by atoms with Crippen molar-refractivity contribution in [2.24, 2.45) is 0 Å². The molecule has 1 aliphatic rings. The highest BCUT2D eigenvalue weighted by Crippen LogP contribution is 2.32. The van der Waals surface area contributed by atoms with Crippen LogP contribution < -0.4 is 4.74 Å². The summed E-state index contributed by atoms with van der Waals surface area (Å²) in [5, 5.41) is -0.449. The highest BCUT2D eigenvalue weighted by molar-refractivity contribution is 8.18. The topological polar surface area (TPSA) is 63.7 Å². The lowest BCUT2D eigenvalue weighted by Crippen LogP contribution is -2.33. The Morgan fingerprint density at radius 2 is 1.89 bits per heavy atom. The average Bonchev–Trinajstić information content (AvgIpc) is 2.94. The fraction of sp³-hybridized carbons (Fsp3) is 0.0952. The standard InChI is InChI=1S/C21H17NO4S/c1-2-11-26-17-10-6-7-15(12-17)13-19-20(24)22(21(25)27-19)14-18(23)16-8-4-3-5-9-16/h2-10,12-13H,1,11,14H2. The number of thioether (sulfide) groups is 1. The number of carbonyl (C=O) groups is 3. The lowest BCUT2D eigenvalue weighted by atomic mass is 10.1. The number of rotatable bonds is 7. The molecule has 1 fully saturated rings. The quantitative estimate of drug-likeness (QED) is 0.410. The molecule has 1 aliphatic heterocycles. The molecular weight excluding hydrogens is 362 g/mol. The van der Waals surface area contributed by atoms with Gasteiger partial charge in [-0.05, 0) is 35.5 Å². The maximum atomic E-state index is 12.6. The number of Topliss-reactive ketones (excluding diaryl/α,β-unsaturated/α-hetero) is 1. The lowest BCUT2D eigenvalue weighted by molar-refractivity contribution is -0.122. The molecule has 0 bridgehead atoms.